The van der Waals surface area contributed by atoms with E-state index in [1.807, 2.05) is 35.0 Å². The smallest absolute Gasteiger partial charge is 0.156 e. The topological polar surface area (TPSA) is 56.1 Å². The Morgan fingerprint density at radius 3 is 2.70 bits per heavy atom. The number of morpholine rings is 1. The van der Waals surface area contributed by atoms with Crippen LogP contribution < -0.4 is 0 Å². The molecule has 1 aromatic heterocycles. The first-order valence-electron chi connectivity index (χ1n) is 7.06. The molecule has 0 aliphatic carbocycles. The minimum atomic E-state index is 0.849. The number of para-hydroxylation sites is 1. The predicted molar refractivity (Wildman–Crippen MR) is 74.7 cm³/mol. The van der Waals surface area contributed by atoms with Gasteiger partial charge in [0.15, 0.2) is 5.82 Å². The molecular weight excluding hydrogens is 254 g/mol. The second-order valence-electron chi connectivity index (χ2n) is 4.90. The molecule has 6 heteroatoms. The monoisotopic (exact) mass is 273 g/mol. The van der Waals surface area contributed by atoms with E-state index in [9.17, 15) is 0 Å². The van der Waals surface area contributed by atoms with Crippen LogP contribution in [0.5, 0.6) is 0 Å². The van der Waals surface area contributed by atoms with Gasteiger partial charge >= 0.3 is 0 Å². The highest BCUT2D eigenvalue weighted by Gasteiger charge is 2.12. The number of tetrazole rings is 1. The first kappa shape index (κ1) is 13.2. The molecule has 2 heterocycles. The molecule has 106 valence electrons. The normalized spacial score (nSPS) is 16.4. The van der Waals surface area contributed by atoms with Crippen LogP contribution in [-0.4, -0.2) is 58.0 Å². The molecule has 0 amide bonds. The van der Waals surface area contributed by atoms with Crippen molar-refractivity contribution in [2.75, 3.05) is 32.8 Å². The molecule has 0 N–H and O–H groups in total. The molecule has 1 aliphatic heterocycles. The Morgan fingerprint density at radius 2 is 1.90 bits per heavy atom. The van der Waals surface area contributed by atoms with Crippen LogP contribution >= 0.6 is 0 Å². The molecule has 0 saturated carbocycles. The average molecular weight is 273 g/mol. The molecule has 0 atom stereocenters. The van der Waals surface area contributed by atoms with Crippen LogP contribution in [0.25, 0.3) is 5.69 Å². The van der Waals surface area contributed by atoms with E-state index in [0.29, 0.717) is 0 Å². The van der Waals surface area contributed by atoms with Crippen molar-refractivity contribution in [2.24, 2.45) is 0 Å². The van der Waals surface area contributed by atoms with Gasteiger partial charge in [-0.3, -0.25) is 4.90 Å². The molecular formula is C14H19N5O. The van der Waals surface area contributed by atoms with Gasteiger partial charge in [0.1, 0.15) is 0 Å². The minimum Gasteiger partial charge on any atom is -0.379 e. The van der Waals surface area contributed by atoms with E-state index in [2.05, 4.69) is 20.4 Å². The Kier molecular flexibility index (Phi) is 4.35. The molecule has 1 aromatic carbocycles. The van der Waals surface area contributed by atoms with Crippen LogP contribution in [0.15, 0.2) is 30.3 Å². The highest BCUT2D eigenvalue weighted by Crippen LogP contribution is 2.09. The van der Waals surface area contributed by atoms with Gasteiger partial charge in [-0.05, 0) is 35.5 Å². The summed E-state index contributed by atoms with van der Waals surface area (Å²) in [5.74, 6) is 0.921. The van der Waals surface area contributed by atoms with E-state index in [4.69, 9.17) is 4.74 Å². The van der Waals surface area contributed by atoms with Crippen molar-refractivity contribution >= 4 is 0 Å². The number of hydrogen-bond acceptors (Lipinski definition) is 5. The summed E-state index contributed by atoms with van der Waals surface area (Å²) in [6.07, 6.45) is 1.95. The number of aryl methyl sites for hydroxylation is 1. The maximum Gasteiger partial charge on any atom is 0.156 e. The van der Waals surface area contributed by atoms with E-state index in [0.717, 1.165) is 57.2 Å². The molecule has 0 radical (unpaired) electrons. The zero-order valence-corrected chi connectivity index (χ0v) is 11.5. The zero-order chi connectivity index (χ0) is 13.6. The fourth-order valence-electron chi connectivity index (χ4n) is 2.42. The molecule has 1 saturated heterocycles. The summed E-state index contributed by atoms with van der Waals surface area (Å²) in [6.45, 7) is 4.84. The predicted octanol–water partition coefficient (Wildman–Crippen LogP) is 0.927. The van der Waals surface area contributed by atoms with E-state index >= 15 is 0 Å². The highest BCUT2D eigenvalue weighted by molar-refractivity contribution is 5.30. The second-order valence-corrected chi connectivity index (χ2v) is 4.90. The maximum atomic E-state index is 5.35. The van der Waals surface area contributed by atoms with Crippen molar-refractivity contribution in [3.8, 4) is 5.69 Å². The lowest BCUT2D eigenvalue weighted by Crippen LogP contribution is -2.37. The third-order valence-corrected chi connectivity index (χ3v) is 3.51. The first-order chi connectivity index (χ1) is 9.93. The van der Waals surface area contributed by atoms with Crippen LogP contribution in [0.1, 0.15) is 12.2 Å². The van der Waals surface area contributed by atoms with E-state index in [1.165, 1.54) is 0 Å². The number of aromatic nitrogens is 4. The summed E-state index contributed by atoms with van der Waals surface area (Å²) in [4.78, 5) is 2.43. The van der Waals surface area contributed by atoms with Gasteiger partial charge in [-0.2, -0.15) is 4.68 Å². The average Bonchev–Trinajstić information content (AvgIpc) is 2.98. The van der Waals surface area contributed by atoms with Gasteiger partial charge in [0.2, 0.25) is 0 Å². The summed E-state index contributed by atoms with van der Waals surface area (Å²) in [5, 5.41) is 12.0. The molecule has 1 aliphatic rings. The number of rotatable bonds is 5. The third kappa shape index (κ3) is 3.20. The Bertz CT molecular complexity index is 521. The molecule has 1 fully saturated rings. The standard InChI is InChI=1S/C14H19N5O/c1-2-5-13(6-3-1)19-14(15-16-17-19)7-4-8-18-9-11-20-12-10-18/h1-3,5-6H,4,7-12H2. The first-order valence-corrected chi connectivity index (χ1v) is 7.06. The summed E-state index contributed by atoms with van der Waals surface area (Å²) in [6, 6.07) is 10.0. The highest BCUT2D eigenvalue weighted by atomic mass is 16.5. The van der Waals surface area contributed by atoms with Gasteiger partial charge in [-0.1, -0.05) is 18.2 Å². The van der Waals surface area contributed by atoms with Gasteiger partial charge in [0.05, 0.1) is 18.9 Å². The summed E-state index contributed by atoms with van der Waals surface area (Å²) in [7, 11) is 0. The van der Waals surface area contributed by atoms with Crippen molar-refractivity contribution in [1.82, 2.24) is 25.1 Å². The molecule has 0 bridgehead atoms. The fourth-order valence-corrected chi connectivity index (χ4v) is 2.42. The Hall–Kier alpha value is -1.79. The van der Waals surface area contributed by atoms with Crippen molar-refractivity contribution in [1.29, 1.82) is 0 Å². The van der Waals surface area contributed by atoms with Crippen LogP contribution in [0.3, 0.4) is 0 Å². The van der Waals surface area contributed by atoms with Crippen molar-refractivity contribution in [2.45, 2.75) is 12.8 Å². The number of hydrogen-bond donors (Lipinski definition) is 0. The fraction of sp³-hybridized carbons (Fsp3) is 0.500. The summed E-state index contributed by atoms with van der Waals surface area (Å²) < 4.78 is 7.17. The lowest BCUT2D eigenvalue weighted by Gasteiger charge is -2.26. The van der Waals surface area contributed by atoms with Gasteiger partial charge in [0, 0.05) is 19.5 Å². The SMILES string of the molecule is c1ccc(-n2nnnc2CCCN2CCOCC2)cc1. The van der Waals surface area contributed by atoms with Gasteiger partial charge < -0.3 is 4.74 Å². The van der Waals surface area contributed by atoms with E-state index in [1.54, 1.807) is 0 Å². The van der Waals surface area contributed by atoms with Gasteiger partial charge in [-0.15, -0.1) is 5.10 Å². The Morgan fingerprint density at radius 1 is 1.10 bits per heavy atom. The van der Waals surface area contributed by atoms with Gasteiger partial charge in [-0.25, -0.2) is 0 Å². The third-order valence-electron chi connectivity index (χ3n) is 3.51. The zero-order valence-electron chi connectivity index (χ0n) is 11.5. The Balaban J connectivity index is 1.57. The molecule has 2 aromatic rings. The number of nitrogens with zero attached hydrogens (tertiary/aromatic N) is 5. The van der Waals surface area contributed by atoms with Crippen LogP contribution in [0.2, 0.25) is 0 Å². The van der Waals surface area contributed by atoms with Crippen LogP contribution in [0.4, 0.5) is 0 Å². The van der Waals surface area contributed by atoms with Crippen LogP contribution in [0, 0.1) is 0 Å². The maximum absolute atomic E-state index is 5.35. The summed E-state index contributed by atoms with van der Waals surface area (Å²) in [5.41, 5.74) is 1.01. The number of benzene rings is 1. The van der Waals surface area contributed by atoms with Crippen molar-refractivity contribution < 1.29 is 4.74 Å². The molecule has 0 unspecified atom stereocenters. The molecule has 0 spiro atoms. The molecule has 6 nitrogen and oxygen atoms in total. The largest absolute Gasteiger partial charge is 0.379 e. The van der Waals surface area contributed by atoms with Crippen LogP contribution in [-0.2, 0) is 11.2 Å². The van der Waals surface area contributed by atoms with Gasteiger partial charge in [0.25, 0.3) is 0 Å². The van der Waals surface area contributed by atoms with E-state index < -0.39 is 0 Å². The minimum absolute atomic E-state index is 0.849. The summed E-state index contributed by atoms with van der Waals surface area (Å²) >= 11 is 0. The number of ether oxygens (including phenoxy) is 1. The lowest BCUT2D eigenvalue weighted by atomic mass is 10.2. The quantitative estimate of drug-likeness (QED) is 0.811. The molecule has 3 rings (SSSR count). The lowest BCUT2D eigenvalue weighted by molar-refractivity contribution is 0.0374. The van der Waals surface area contributed by atoms with Crippen molar-refractivity contribution in [3.05, 3.63) is 36.2 Å². The molecule has 20 heavy (non-hydrogen) atoms. The second kappa shape index (κ2) is 6.58. The van der Waals surface area contributed by atoms with Crippen molar-refractivity contribution in [3.63, 3.8) is 0 Å². The van der Waals surface area contributed by atoms with E-state index in [-0.39, 0.29) is 0 Å². The Labute approximate surface area is 118 Å².